The van der Waals surface area contributed by atoms with Crippen LogP contribution in [0, 0.1) is 13.8 Å². The number of aromatic nitrogens is 2. The Bertz CT molecular complexity index is 1210. The Hall–Kier alpha value is -2.42. The van der Waals surface area contributed by atoms with Gasteiger partial charge in [0.1, 0.15) is 0 Å². The molecule has 6 nitrogen and oxygen atoms in total. The van der Waals surface area contributed by atoms with Gasteiger partial charge in [0, 0.05) is 40.7 Å². The number of carbonyl (C=O) groups is 1. The molecule has 2 aromatic heterocycles. The van der Waals surface area contributed by atoms with Crippen molar-refractivity contribution in [1.29, 1.82) is 0 Å². The Balaban J connectivity index is 1.85. The molecule has 0 radical (unpaired) electrons. The number of anilines is 1. The Labute approximate surface area is 178 Å². The molecule has 0 atom stereocenters. The van der Waals surface area contributed by atoms with Crippen molar-refractivity contribution in [3.63, 3.8) is 0 Å². The minimum atomic E-state index is -3.54. The molecule has 1 N–H and O–H groups in total. The lowest BCUT2D eigenvalue weighted by Gasteiger charge is -2.06. The monoisotopic (exact) mass is 449 g/mol. The number of benzene rings is 1. The fourth-order valence-corrected chi connectivity index (χ4v) is 5.03. The normalized spacial score (nSPS) is 11.4. The molecule has 2 heterocycles. The predicted molar refractivity (Wildman–Crippen MR) is 118 cm³/mol. The Morgan fingerprint density at radius 2 is 2.07 bits per heavy atom. The number of allylic oxidation sites excluding steroid dienone is 1. The van der Waals surface area contributed by atoms with Crippen LogP contribution in [0.4, 0.5) is 5.13 Å². The molecule has 0 aliphatic heterocycles. The molecule has 3 aromatic rings. The van der Waals surface area contributed by atoms with Crippen molar-refractivity contribution in [2.24, 2.45) is 0 Å². The maximum Gasteiger partial charge on any atom is 0.257 e. The van der Waals surface area contributed by atoms with Gasteiger partial charge >= 0.3 is 0 Å². The third kappa shape index (κ3) is 4.44. The highest BCUT2D eigenvalue weighted by molar-refractivity contribution is 7.90. The Morgan fingerprint density at radius 1 is 1.34 bits per heavy atom. The zero-order valence-corrected chi connectivity index (χ0v) is 18.6. The zero-order chi connectivity index (χ0) is 21.3. The maximum atomic E-state index is 12.6. The van der Waals surface area contributed by atoms with Crippen LogP contribution in [0.15, 0.2) is 47.2 Å². The number of sulfone groups is 1. The van der Waals surface area contributed by atoms with Gasteiger partial charge in [-0.05, 0) is 38.1 Å². The Morgan fingerprint density at radius 3 is 2.72 bits per heavy atom. The van der Waals surface area contributed by atoms with Crippen LogP contribution in [-0.2, 0) is 16.4 Å². The van der Waals surface area contributed by atoms with Crippen LogP contribution in [0.5, 0.6) is 0 Å². The van der Waals surface area contributed by atoms with E-state index in [1.807, 2.05) is 25.3 Å². The van der Waals surface area contributed by atoms with Crippen molar-refractivity contribution in [3.8, 4) is 11.3 Å². The second-order valence-electron chi connectivity index (χ2n) is 6.59. The topological polar surface area (TPSA) is 81.1 Å². The first-order valence-electron chi connectivity index (χ1n) is 8.66. The summed E-state index contributed by atoms with van der Waals surface area (Å²) in [6.07, 6.45) is 2.89. The van der Waals surface area contributed by atoms with Crippen LogP contribution in [0.3, 0.4) is 0 Å². The molecular formula is C20H20ClN3O3S2. The van der Waals surface area contributed by atoms with E-state index in [4.69, 9.17) is 11.6 Å². The maximum absolute atomic E-state index is 12.6. The second-order valence-corrected chi connectivity index (χ2v) is 9.84. The predicted octanol–water partition coefficient (Wildman–Crippen LogP) is 4.72. The summed E-state index contributed by atoms with van der Waals surface area (Å²) in [6, 6.07) is 6.19. The van der Waals surface area contributed by atoms with E-state index in [9.17, 15) is 13.2 Å². The van der Waals surface area contributed by atoms with Crippen molar-refractivity contribution < 1.29 is 13.2 Å². The van der Waals surface area contributed by atoms with Crippen molar-refractivity contribution in [3.05, 3.63) is 64.3 Å². The molecule has 1 amide bonds. The fourth-order valence-electron chi connectivity index (χ4n) is 3.02. The number of nitrogens with zero attached hydrogens (tertiary/aromatic N) is 2. The van der Waals surface area contributed by atoms with Crippen LogP contribution in [0.25, 0.3) is 11.3 Å². The summed E-state index contributed by atoms with van der Waals surface area (Å²) in [6.45, 7) is 8.54. The van der Waals surface area contributed by atoms with Crippen molar-refractivity contribution >= 4 is 43.8 Å². The van der Waals surface area contributed by atoms with Gasteiger partial charge in [0.05, 0.1) is 15.6 Å². The molecule has 1 aromatic carbocycles. The standard InChI is InChI=1S/C20H20ClN3O3S2/c1-5-8-24-12(2)9-15(13(24)3)17-11-28-20(22-17)23-19(25)14-6-7-16(21)18(10-14)29(4,26)27/h5-7,9-11H,1,8H2,2-4H3,(H,22,23,25). The van der Waals surface area contributed by atoms with Gasteiger partial charge in [-0.2, -0.15) is 0 Å². The average molecular weight is 450 g/mol. The number of halogens is 1. The molecule has 0 unspecified atom stereocenters. The van der Waals surface area contributed by atoms with Gasteiger partial charge in [0.2, 0.25) is 0 Å². The van der Waals surface area contributed by atoms with Gasteiger partial charge in [-0.1, -0.05) is 17.7 Å². The summed E-state index contributed by atoms with van der Waals surface area (Å²) < 4.78 is 25.8. The largest absolute Gasteiger partial charge is 0.345 e. The number of thiazole rings is 1. The molecule has 0 saturated heterocycles. The van der Waals surface area contributed by atoms with Gasteiger partial charge in [-0.25, -0.2) is 13.4 Å². The number of rotatable bonds is 6. The highest BCUT2D eigenvalue weighted by Gasteiger charge is 2.18. The first-order valence-corrected chi connectivity index (χ1v) is 11.8. The molecule has 3 rings (SSSR count). The van der Waals surface area contributed by atoms with Gasteiger partial charge in [-0.3, -0.25) is 10.1 Å². The van der Waals surface area contributed by atoms with E-state index < -0.39 is 15.7 Å². The number of amides is 1. The summed E-state index contributed by atoms with van der Waals surface area (Å²) in [5.41, 5.74) is 4.12. The first-order chi connectivity index (χ1) is 13.6. The van der Waals surface area contributed by atoms with E-state index in [0.29, 0.717) is 11.7 Å². The molecule has 0 fully saturated rings. The van der Waals surface area contributed by atoms with Gasteiger partial charge in [0.15, 0.2) is 15.0 Å². The highest BCUT2D eigenvalue weighted by atomic mass is 35.5. The minimum Gasteiger partial charge on any atom is -0.345 e. The molecule has 0 aliphatic carbocycles. The molecule has 0 saturated carbocycles. The average Bonchev–Trinajstić information content (AvgIpc) is 3.20. The lowest BCUT2D eigenvalue weighted by molar-refractivity contribution is 0.102. The minimum absolute atomic E-state index is 0.0791. The second kappa shape index (κ2) is 8.14. The van der Waals surface area contributed by atoms with E-state index in [0.717, 1.165) is 28.9 Å². The van der Waals surface area contributed by atoms with Crippen LogP contribution in [0.1, 0.15) is 21.7 Å². The van der Waals surface area contributed by atoms with Crippen LogP contribution in [0.2, 0.25) is 5.02 Å². The van der Waals surface area contributed by atoms with E-state index >= 15 is 0 Å². The fraction of sp³-hybridized carbons (Fsp3) is 0.200. The van der Waals surface area contributed by atoms with Crippen LogP contribution < -0.4 is 5.32 Å². The molecule has 29 heavy (non-hydrogen) atoms. The summed E-state index contributed by atoms with van der Waals surface area (Å²) >= 11 is 7.24. The van der Waals surface area contributed by atoms with Crippen molar-refractivity contribution in [2.45, 2.75) is 25.3 Å². The van der Waals surface area contributed by atoms with Gasteiger partial charge < -0.3 is 4.57 Å². The molecular weight excluding hydrogens is 430 g/mol. The lowest BCUT2D eigenvalue weighted by Crippen LogP contribution is -2.12. The van der Waals surface area contributed by atoms with Gasteiger partial charge in [-0.15, -0.1) is 17.9 Å². The first kappa shape index (κ1) is 21.3. The summed E-state index contributed by atoms with van der Waals surface area (Å²) in [4.78, 5) is 17.0. The van der Waals surface area contributed by atoms with Crippen LogP contribution in [-0.4, -0.2) is 30.1 Å². The zero-order valence-electron chi connectivity index (χ0n) is 16.2. The van der Waals surface area contributed by atoms with Crippen molar-refractivity contribution in [1.82, 2.24) is 9.55 Å². The molecule has 9 heteroatoms. The third-order valence-electron chi connectivity index (χ3n) is 4.48. The van der Waals surface area contributed by atoms with Crippen molar-refractivity contribution in [2.75, 3.05) is 11.6 Å². The van der Waals surface area contributed by atoms with Crippen LogP contribution >= 0.6 is 22.9 Å². The number of hydrogen-bond acceptors (Lipinski definition) is 5. The Kier molecular flexibility index (Phi) is 5.97. The van der Waals surface area contributed by atoms with E-state index in [1.54, 1.807) is 0 Å². The van der Waals surface area contributed by atoms with E-state index in [2.05, 4.69) is 27.5 Å². The smallest absolute Gasteiger partial charge is 0.257 e. The molecule has 0 spiro atoms. The third-order valence-corrected chi connectivity index (χ3v) is 6.81. The van der Waals surface area contributed by atoms with E-state index in [-0.39, 0.29) is 15.5 Å². The number of nitrogens with one attached hydrogen (secondary N) is 1. The summed E-state index contributed by atoms with van der Waals surface area (Å²) in [7, 11) is -3.54. The number of aryl methyl sites for hydroxylation is 1. The van der Waals surface area contributed by atoms with E-state index in [1.165, 1.54) is 29.5 Å². The molecule has 0 bridgehead atoms. The SMILES string of the molecule is C=CCn1c(C)cc(-c2csc(NC(=O)c3ccc(Cl)c(S(C)(=O)=O)c3)n2)c1C. The lowest BCUT2D eigenvalue weighted by atomic mass is 10.2. The number of carbonyl (C=O) groups excluding carboxylic acids is 1. The van der Waals surface area contributed by atoms with Gasteiger partial charge in [0.25, 0.3) is 5.91 Å². The quantitative estimate of drug-likeness (QED) is 0.552. The summed E-state index contributed by atoms with van der Waals surface area (Å²) in [5, 5.41) is 5.10. The molecule has 152 valence electrons. The highest BCUT2D eigenvalue weighted by Crippen LogP contribution is 2.30. The molecule has 0 aliphatic rings. The summed E-state index contributed by atoms with van der Waals surface area (Å²) in [5.74, 6) is -0.454. The number of hydrogen-bond donors (Lipinski definition) is 1.